The summed E-state index contributed by atoms with van der Waals surface area (Å²) in [6.07, 6.45) is 0. The number of nitrogens with zero attached hydrogens (tertiary/aromatic N) is 1. The first-order valence-corrected chi connectivity index (χ1v) is 6.59. The van der Waals surface area contributed by atoms with Gasteiger partial charge in [0.2, 0.25) is 0 Å². The van der Waals surface area contributed by atoms with Crippen LogP contribution in [-0.2, 0) is 0 Å². The van der Waals surface area contributed by atoms with E-state index in [1.165, 1.54) is 0 Å². The normalized spacial score (nSPS) is 10.8. The van der Waals surface area contributed by atoms with Gasteiger partial charge < -0.3 is 4.98 Å². The molecular weight excluding hydrogens is 323 g/mol. The molecule has 78 valence electrons. The van der Waals surface area contributed by atoms with Gasteiger partial charge in [0.25, 0.3) is 5.56 Å². The Bertz CT molecular complexity index is 553. The molecule has 0 radical (unpaired) electrons. The standard InChI is InChI=1S/C10H9IN2OS/c1-2-15-10-12-8-5-6(11)3-4-7(8)9(14)13-10/h3-5H,2H2,1H3,(H,12,13,14). The van der Waals surface area contributed by atoms with Crippen molar-refractivity contribution in [3.63, 3.8) is 0 Å². The summed E-state index contributed by atoms with van der Waals surface area (Å²) in [5, 5.41) is 1.34. The van der Waals surface area contributed by atoms with Crippen LogP contribution in [0.1, 0.15) is 6.92 Å². The minimum atomic E-state index is -0.0626. The number of rotatable bonds is 2. The van der Waals surface area contributed by atoms with Gasteiger partial charge in [0.15, 0.2) is 5.16 Å². The number of aromatic nitrogens is 2. The van der Waals surface area contributed by atoms with Gasteiger partial charge in [-0.25, -0.2) is 4.98 Å². The lowest BCUT2D eigenvalue weighted by atomic mass is 10.2. The second-order valence-corrected chi connectivity index (χ2v) is 5.46. The Morgan fingerprint density at radius 3 is 3.07 bits per heavy atom. The Morgan fingerprint density at radius 1 is 1.53 bits per heavy atom. The summed E-state index contributed by atoms with van der Waals surface area (Å²) in [6.45, 7) is 2.03. The van der Waals surface area contributed by atoms with Gasteiger partial charge in [-0.15, -0.1) is 0 Å². The maximum atomic E-state index is 11.7. The number of thioether (sulfide) groups is 1. The highest BCUT2D eigenvalue weighted by atomic mass is 127. The fourth-order valence-corrected chi connectivity index (χ4v) is 2.37. The van der Waals surface area contributed by atoms with Crippen LogP contribution in [0.2, 0.25) is 0 Å². The molecule has 0 fully saturated rings. The van der Waals surface area contributed by atoms with Crippen molar-refractivity contribution in [3.05, 3.63) is 32.1 Å². The van der Waals surface area contributed by atoms with E-state index in [4.69, 9.17) is 0 Å². The Balaban J connectivity index is 2.68. The molecule has 0 atom stereocenters. The van der Waals surface area contributed by atoms with Gasteiger partial charge in [-0.1, -0.05) is 18.7 Å². The second kappa shape index (κ2) is 4.52. The van der Waals surface area contributed by atoms with Crippen LogP contribution in [0.5, 0.6) is 0 Å². The zero-order chi connectivity index (χ0) is 10.8. The molecule has 1 aromatic heterocycles. The summed E-state index contributed by atoms with van der Waals surface area (Å²) >= 11 is 3.75. The van der Waals surface area contributed by atoms with E-state index in [2.05, 4.69) is 32.6 Å². The molecule has 3 nitrogen and oxygen atoms in total. The smallest absolute Gasteiger partial charge is 0.259 e. The third-order valence-corrected chi connectivity index (χ3v) is 3.35. The summed E-state index contributed by atoms with van der Waals surface area (Å²) in [4.78, 5) is 18.8. The molecule has 0 aliphatic rings. The van der Waals surface area contributed by atoms with Crippen molar-refractivity contribution in [1.29, 1.82) is 0 Å². The van der Waals surface area contributed by atoms with Gasteiger partial charge >= 0.3 is 0 Å². The van der Waals surface area contributed by atoms with E-state index in [1.54, 1.807) is 11.8 Å². The molecule has 5 heteroatoms. The van der Waals surface area contributed by atoms with E-state index in [9.17, 15) is 4.79 Å². The lowest BCUT2D eigenvalue weighted by Gasteiger charge is -2.01. The highest BCUT2D eigenvalue weighted by Gasteiger charge is 2.03. The number of halogens is 1. The average Bonchev–Trinajstić information content (AvgIpc) is 2.17. The van der Waals surface area contributed by atoms with Gasteiger partial charge in [-0.3, -0.25) is 4.79 Å². The van der Waals surface area contributed by atoms with Crippen molar-refractivity contribution in [1.82, 2.24) is 9.97 Å². The van der Waals surface area contributed by atoms with Gasteiger partial charge in [0, 0.05) is 3.57 Å². The molecule has 15 heavy (non-hydrogen) atoms. The highest BCUT2D eigenvalue weighted by Crippen LogP contribution is 2.16. The molecular formula is C10H9IN2OS. The third-order valence-electron chi connectivity index (χ3n) is 1.93. The molecule has 2 rings (SSSR count). The van der Waals surface area contributed by atoms with Crippen LogP contribution >= 0.6 is 34.4 Å². The molecule has 0 aliphatic carbocycles. The zero-order valence-electron chi connectivity index (χ0n) is 8.08. The van der Waals surface area contributed by atoms with Crippen LogP contribution in [-0.4, -0.2) is 15.7 Å². The van der Waals surface area contributed by atoms with Gasteiger partial charge in [-0.2, -0.15) is 0 Å². The number of hydrogen-bond acceptors (Lipinski definition) is 3. The summed E-state index contributed by atoms with van der Waals surface area (Å²) in [7, 11) is 0. The number of aromatic amines is 1. The third kappa shape index (κ3) is 2.34. The average molecular weight is 332 g/mol. The molecule has 0 amide bonds. The van der Waals surface area contributed by atoms with Crippen molar-refractivity contribution in [3.8, 4) is 0 Å². The lowest BCUT2D eigenvalue weighted by molar-refractivity contribution is 0.974. The zero-order valence-corrected chi connectivity index (χ0v) is 11.1. The van der Waals surface area contributed by atoms with E-state index >= 15 is 0 Å². The largest absolute Gasteiger partial charge is 0.301 e. The molecule has 0 saturated carbocycles. The minimum absolute atomic E-state index is 0.0626. The quantitative estimate of drug-likeness (QED) is 0.522. The molecule has 1 aromatic carbocycles. The minimum Gasteiger partial charge on any atom is -0.301 e. The predicted molar refractivity (Wildman–Crippen MR) is 71.5 cm³/mol. The Kier molecular flexibility index (Phi) is 3.30. The topological polar surface area (TPSA) is 45.8 Å². The number of benzene rings is 1. The van der Waals surface area contributed by atoms with E-state index in [-0.39, 0.29) is 5.56 Å². The summed E-state index contributed by atoms with van der Waals surface area (Å²) in [6, 6.07) is 5.64. The first-order chi connectivity index (χ1) is 7.20. The van der Waals surface area contributed by atoms with Gasteiger partial charge in [0.1, 0.15) is 0 Å². The molecule has 0 spiro atoms. The fraction of sp³-hybridized carbons (Fsp3) is 0.200. The van der Waals surface area contributed by atoms with Crippen LogP contribution in [0.15, 0.2) is 28.2 Å². The Morgan fingerprint density at radius 2 is 2.33 bits per heavy atom. The number of H-pyrrole nitrogens is 1. The van der Waals surface area contributed by atoms with Crippen molar-refractivity contribution in [2.24, 2.45) is 0 Å². The number of hydrogen-bond donors (Lipinski definition) is 1. The monoisotopic (exact) mass is 332 g/mol. The Hall–Kier alpha value is -0.560. The molecule has 1 heterocycles. The number of fused-ring (bicyclic) bond motifs is 1. The van der Waals surface area contributed by atoms with Crippen LogP contribution in [0.4, 0.5) is 0 Å². The molecule has 2 aromatic rings. The molecule has 0 bridgehead atoms. The van der Waals surface area contributed by atoms with Crippen LogP contribution < -0.4 is 5.56 Å². The molecule has 0 unspecified atom stereocenters. The maximum absolute atomic E-state index is 11.7. The van der Waals surface area contributed by atoms with Crippen LogP contribution in [0.3, 0.4) is 0 Å². The van der Waals surface area contributed by atoms with Gasteiger partial charge in [0.05, 0.1) is 10.9 Å². The summed E-state index contributed by atoms with van der Waals surface area (Å²) in [5.74, 6) is 0.901. The predicted octanol–water partition coefficient (Wildman–Crippen LogP) is 2.64. The molecule has 0 saturated heterocycles. The first kappa shape index (κ1) is 10.9. The van der Waals surface area contributed by atoms with E-state index in [1.807, 2.05) is 25.1 Å². The summed E-state index contributed by atoms with van der Waals surface area (Å²) in [5.41, 5.74) is 0.703. The van der Waals surface area contributed by atoms with Crippen molar-refractivity contribution in [2.45, 2.75) is 12.1 Å². The first-order valence-electron chi connectivity index (χ1n) is 4.53. The molecule has 1 N–H and O–H groups in total. The summed E-state index contributed by atoms with van der Waals surface area (Å²) < 4.78 is 1.09. The Labute approximate surface area is 105 Å². The van der Waals surface area contributed by atoms with Crippen molar-refractivity contribution >= 4 is 45.3 Å². The van der Waals surface area contributed by atoms with E-state index in [0.717, 1.165) is 14.8 Å². The van der Waals surface area contributed by atoms with Gasteiger partial charge in [-0.05, 0) is 46.5 Å². The van der Waals surface area contributed by atoms with E-state index < -0.39 is 0 Å². The molecule has 0 aliphatic heterocycles. The van der Waals surface area contributed by atoms with Crippen LogP contribution in [0.25, 0.3) is 10.9 Å². The van der Waals surface area contributed by atoms with Crippen molar-refractivity contribution < 1.29 is 0 Å². The number of nitrogens with one attached hydrogen (secondary N) is 1. The van der Waals surface area contributed by atoms with Crippen LogP contribution in [0, 0.1) is 3.57 Å². The van der Waals surface area contributed by atoms with Crippen molar-refractivity contribution in [2.75, 3.05) is 5.75 Å². The fourth-order valence-electron chi connectivity index (χ4n) is 1.30. The SMILES string of the molecule is CCSc1nc2cc(I)ccc2c(=O)[nH]1. The second-order valence-electron chi connectivity index (χ2n) is 2.97. The highest BCUT2D eigenvalue weighted by molar-refractivity contribution is 14.1. The maximum Gasteiger partial charge on any atom is 0.259 e. The lowest BCUT2D eigenvalue weighted by Crippen LogP contribution is -2.09. The van der Waals surface area contributed by atoms with E-state index in [0.29, 0.717) is 10.5 Å².